The van der Waals surface area contributed by atoms with Gasteiger partial charge in [0.15, 0.2) is 0 Å². The van der Waals surface area contributed by atoms with Crippen molar-refractivity contribution in [3.8, 4) is 5.75 Å². The van der Waals surface area contributed by atoms with E-state index in [0.717, 1.165) is 11.3 Å². The van der Waals surface area contributed by atoms with Gasteiger partial charge in [-0.2, -0.15) is 0 Å². The van der Waals surface area contributed by atoms with Crippen LogP contribution in [-0.2, 0) is 9.59 Å². The minimum atomic E-state index is -0.852. The molecule has 1 aromatic carbocycles. The van der Waals surface area contributed by atoms with Gasteiger partial charge in [-0.1, -0.05) is 19.1 Å². The Labute approximate surface area is 118 Å². The lowest BCUT2D eigenvalue weighted by Crippen LogP contribution is -2.32. The molecule has 0 aliphatic rings. The minimum Gasteiger partial charge on any atom is -0.497 e. The molecule has 0 spiro atoms. The summed E-state index contributed by atoms with van der Waals surface area (Å²) >= 11 is 0. The second-order valence-corrected chi connectivity index (χ2v) is 4.94. The summed E-state index contributed by atoms with van der Waals surface area (Å²) in [6.07, 6.45) is 0.0528. The lowest BCUT2D eigenvalue weighted by atomic mass is 10.00. The second kappa shape index (κ2) is 7.53. The van der Waals surface area contributed by atoms with Gasteiger partial charge in [0, 0.05) is 13.0 Å². The number of hydrogen-bond donors (Lipinski definition) is 2. The first-order valence-electron chi connectivity index (χ1n) is 6.57. The first-order chi connectivity index (χ1) is 9.43. The highest BCUT2D eigenvalue weighted by Crippen LogP contribution is 2.19. The van der Waals surface area contributed by atoms with Crippen LogP contribution in [0.2, 0.25) is 0 Å². The number of ether oxygens (including phenoxy) is 1. The molecule has 110 valence electrons. The molecule has 1 amide bonds. The number of benzene rings is 1. The standard InChI is InChI=1S/C15H21NO4/c1-10(8-14(17)18)9-16-15(19)11(2)12-4-6-13(20-3)7-5-12/h4-7,10-11H,8-9H2,1-3H3,(H,16,19)(H,17,18). The molecular weight excluding hydrogens is 258 g/mol. The Morgan fingerprint density at radius 1 is 1.25 bits per heavy atom. The third-order valence-corrected chi connectivity index (χ3v) is 3.16. The van der Waals surface area contributed by atoms with Crippen LogP contribution in [0.15, 0.2) is 24.3 Å². The predicted octanol–water partition coefficient (Wildman–Crippen LogP) is 2.03. The van der Waals surface area contributed by atoms with E-state index in [1.807, 2.05) is 31.2 Å². The third-order valence-electron chi connectivity index (χ3n) is 3.16. The van der Waals surface area contributed by atoms with E-state index in [2.05, 4.69) is 5.32 Å². The number of carboxylic acids is 1. The monoisotopic (exact) mass is 279 g/mol. The molecule has 0 bridgehead atoms. The number of hydrogen-bond acceptors (Lipinski definition) is 3. The summed E-state index contributed by atoms with van der Waals surface area (Å²) in [6, 6.07) is 7.33. The zero-order chi connectivity index (χ0) is 15.1. The zero-order valence-corrected chi connectivity index (χ0v) is 12.1. The molecule has 20 heavy (non-hydrogen) atoms. The van der Waals surface area contributed by atoms with E-state index in [9.17, 15) is 9.59 Å². The molecule has 5 nitrogen and oxygen atoms in total. The van der Waals surface area contributed by atoms with Gasteiger partial charge in [0.1, 0.15) is 5.75 Å². The summed E-state index contributed by atoms with van der Waals surface area (Å²) < 4.78 is 5.07. The fourth-order valence-electron chi connectivity index (χ4n) is 1.84. The Bertz CT molecular complexity index is 455. The summed E-state index contributed by atoms with van der Waals surface area (Å²) in [5, 5.41) is 11.4. The van der Waals surface area contributed by atoms with Crippen LogP contribution < -0.4 is 10.1 Å². The molecule has 0 radical (unpaired) electrons. The van der Waals surface area contributed by atoms with Crippen molar-refractivity contribution < 1.29 is 19.4 Å². The third kappa shape index (κ3) is 4.91. The van der Waals surface area contributed by atoms with Crippen LogP contribution >= 0.6 is 0 Å². The Hall–Kier alpha value is -2.04. The minimum absolute atomic E-state index is 0.0528. The van der Waals surface area contributed by atoms with E-state index in [-0.39, 0.29) is 24.2 Å². The topological polar surface area (TPSA) is 75.6 Å². The molecule has 0 heterocycles. The van der Waals surface area contributed by atoms with E-state index in [1.165, 1.54) is 0 Å². The van der Waals surface area contributed by atoms with Crippen molar-refractivity contribution in [2.24, 2.45) is 5.92 Å². The highest BCUT2D eigenvalue weighted by atomic mass is 16.5. The van der Waals surface area contributed by atoms with Crippen LogP contribution in [0, 0.1) is 5.92 Å². The SMILES string of the molecule is COc1ccc(C(C)C(=O)NCC(C)CC(=O)O)cc1. The average molecular weight is 279 g/mol. The van der Waals surface area contributed by atoms with Gasteiger partial charge < -0.3 is 15.2 Å². The molecule has 0 saturated heterocycles. The van der Waals surface area contributed by atoms with E-state index >= 15 is 0 Å². The van der Waals surface area contributed by atoms with Gasteiger partial charge in [0.25, 0.3) is 0 Å². The van der Waals surface area contributed by atoms with Crippen LogP contribution in [0.5, 0.6) is 5.75 Å². The fourth-order valence-corrected chi connectivity index (χ4v) is 1.84. The number of carboxylic acid groups (broad SMARTS) is 1. The van der Waals surface area contributed by atoms with Crippen molar-refractivity contribution in [1.82, 2.24) is 5.32 Å². The van der Waals surface area contributed by atoms with Crippen molar-refractivity contribution >= 4 is 11.9 Å². The Balaban J connectivity index is 2.51. The first kappa shape index (κ1) is 16.0. The Kier molecular flexibility index (Phi) is 6.03. The number of carbonyl (C=O) groups is 2. The van der Waals surface area contributed by atoms with Gasteiger partial charge in [-0.15, -0.1) is 0 Å². The number of aliphatic carboxylic acids is 1. The molecular formula is C15H21NO4. The Morgan fingerprint density at radius 3 is 2.35 bits per heavy atom. The lowest BCUT2D eigenvalue weighted by Gasteiger charge is -2.15. The normalized spacial score (nSPS) is 13.3. The molecule has 0 saturated carbocycles. The molecule has 0 aliphatic carbocycles. The van der Waals surface area contributed by atoms with Gasteiger partial charge in [-0.05, 0) is 30.5 Å². The molecule has 2 unspecified atom stereocenters. The molecule has 0 aliphatic heterocycles. The summed E-state index contributed by atoms with van der Waals surface area (Å²) in [4.78, 5) is 22.5. The highest BCUT2D eigenvalue weighted by molar-refractivity contribution is 5.83. The molecule has 2 atom stereocenters. The number of carbonyl (C=O) groups excluding carboxylic acids is 1. The van der Waals surface area contributed by atoms with Crippen molar-refractivity contribution in [3.05, 3.63) is 29.8 Å². The summed E-state index contributed by atoms with van der Waals surface area (Å²) in [7, 11) is 1.59. The van der Waals surface area contributed by atoms with E-state index in [4.69, 9.17) is 9.84 Å². The zero-order valence-electron chi connectivity index (χ0n) is 12.1. The van der Waals surface area contributed by atoms with E-state index < -0.39 is 5.97 Å². The quantitative estimate of drug-likeness (QED) is 0.800. The van der Waals surface area contributed by atoms with Crippen molar-refractivity contribution in [2.45, 2.75) is 26.2 Å². The molecule has 0 fully saturated rings. The fraction of sp³-hybridized carbons (Fsp3) is 0.467. The maximum Gasteiger partial charge on any atom is 0.303 e. The number of methoxy groups -OCH3 is 1. The predicted molar refractivity (Wildman–Crippen MR) is 75.8 cm³/mol. The first-order valence-corrected chi connectivity index (χ1v) is 6.57. The van der Waals surface area contributed by atoms with Gasteiger partial charge >= 0.3 is 5.97 Å². The molecule has 0 aromatic heterocycles. The largest absolute Gasteiger partial charge is 0.497 e. The van der Waals surface area contributed by atoms with Crippen LogP contribution in [-0.4, -0.2) is 30.6 Å². The van der Waals surface area contributed by atoms with Crippen molar-refractivity contribution in [1.29, 1.82) is 0 Å². The average Bonchev–Trinajstić information content (AvgIpc) is 2.43. The van der Waals surface area contributed by atoms with Crippen LogP contribution in [0.4, 0.5) is 0 Å². The van der Waals surface area contributed by atoms with Crippen LogP contribution in [0.3, 0.4) is 0 Å². The van der Waals surface area contributed by atoms with Gasteiger partial charge in [-0.25, -0.2) is 0 Å². The molecule has 1 aromatic rings. The number of nitrogens with one attached hydrogen (secondary N) is 1. The summed E-state index contributed by atoms with van der Waals surface area (Å²) in [6.45, 7) is 3.98. The maximum atomic E-state index is 12.0. The highest BCUT2D eigenvalue weighted by Gasteiger charge is 2.16. The van der Waals surface area contributed by atoms with Gasteiger partial charge in [-0.3, -0.25) is 9.59 Å². The summed E-state index contributed by atoms with van der Waals surface area (Å²) in [5.41, 5.74) is 0.897. The second-order valence-electron chi connectivity index (χ2n) is 4.94. The summed E-state index contributed by atoms with van der Waals surface area (Å²) in [5.74, 6) is -0.573. The lowest BCUT2D eigenvalue weighted by molar-refractivity contribution is -0.138. The molecule has 2 N–H and O–H groups in total. The number of rotatable bonds is 7. The smallest absolute Gasteiger partial charge is 0.303 e. The number of amides is 1. The van der Waals surface area contributed by atoms with Gasteiger partial charge in [0.05, 0.1) is 13.0 Å². The Morgan fingerprint density at radius 2 is 1.85 bits per heavy atom. The van der Waals surface area contributed by atoms with Crippen molar-refractivity contribution in [3.63, 3.8) is 0 Å². The van der Waals surface area contributed by atoms with E-state index in [0.29, 0.717) is 6.54 Å². The van der Waals surface area contributed by atoms with Crippen LogP contribution in [0.1, 0.15) is 31.7 Å². The van der Waals surface area contributed by atoms with Crippen LogP contribution in [0.25, 0.3) is 0 Å². The maximum absolute atomic E-state index is 12.0. The van der Waals surface area contributed by atoms with Gasteiger partial charge in [0.2, 0.25) is 5.91 Å². The van der Waals surface area contributed by atoms with E-state index in [1.54, 1.807) is 14.0 Å². The molecule has 1 rings (SSSR count). The van der Waals surface area contributed by atoms with Crippen molar-refractivity contribution in [2.75, 3.05) is 13.7 Å². The molecule has 5 heteroatoms.